The highest BCUT2D eigenvalue weighted by atomic mass is 16.6. The van der Waals surface area contributed by atoms with Gasteiger partial charge < -0.3 is 9.47 Å². The molecule has 1 aliphatic heterocycles. The summed E-state index contributed by atoms with van der Waals surface area (Å²) < 4.78 is 11.2. The van der Waals surface area contributed by atoms with Gasteiger partial charge in [-0.25, -0.2) is 0 Å². The van der Waals surface area contributed by atoms with Crippen molar-refractivity contribution in [3.8, 4) is 11.5 Å². The zero-order valence-corrected chi connectivity index (χ0v) is 14.0. The maximum absolute atomic E-state index is 12.9. The van der Waals surface area contributed by atoms with Crippen LogP contribution in [0.25, 0.3) is 6.08 Å². The van der Waals surface area contributed by atoms with Crippen LogP contribution in [0.4, 0.5) is 0 Å². The van der Waals surface area contributed by atoms with Crippen LogP contribution in [0.5, 0.6) is 11.5 Å². The van der Waals surface area contributed by atoms with Crippen molar-refractivity contribution in [3.63, 3.8) is 0 Å². The molecule has 0 bridgehead atoms. The lowest BCUT2D eigenvalue weighted by atomic mass is 9.83. The molecule has 0 saturated heterocycles. The number of hydrogen-bond acceptors (Lipinski definition) is 3. The Bertz CT molecular complexity index is 862. The van der Waals surface area contributed by atoms with Crippen LogP contribution in [0.15, 0.2) is 35.9 Å². The molecule has 0 saturated carbocycles. The Morgan fingerprint density at radius 3 is 2.58 bits per heavy atom. The van der Waals surface area contributed by atoms with Gasteiger partial charge in [-0.05, 0) is 67.7 Å². The van der Waals surface area contributed by atoms with Gasteiger partial charge in [0.15, 0.2) is 17.3 Å². The minimum Gasteiger partial charge on any atom is -0.486 e. The summed E-state index contributed by atoms with van der Waals surface area (Å²) in [5, 5.41) is 0. The smallest absolute Gasteiger partial charge is 0.189 e. The van der Waals surface area contributed by atoms with Gasteiger partial charge in [-0.3, -0.25) is 4.79 Å². The van der Waals surface area contributed by atoms with Gasteiger partial charge in [-0.15, -0.1) is 0 Å². The molecular weight excluding hydrogens is 300 g/mol. The second-order valence-corrected chi connectivity index (χ2v) is 6.51. The van der Waals surface area contributed by atoms with Crippen molar-refractivity contribution in [1.29, 1.82) is 0 Å². The number of allylic oxidation sites excluding steroid dienone is 1. The van der Waals surface area contributed by atoms with Crippen LogP contribution in [0.3, 0.4) is 0 Å². The van der Waals surface area contributed by atoms with E-state index in [0.29, 0.717) is 13.2 Å². The summed E-state index contributed by atoms with van der Waals surface area (Å²) in [6.07, 6.45) is 3.69. The number of fused-ring (bicyclic) bond motifs is 2. The monoisotopic (exact) mass is 320 g/mol. The largest absolute Gasteiger partial charge is 0.486 e. The minimum atomic E-state index is 0.151. The zero-order valence-electron chi connectivity index (χ0n) is 14.0. The quantitative estimate of drug-likeness (QED) is 0.735. The zero-order chi connectivity index (χ0) is 16.7. The van der Waals surface area contributed by atoms with Crippen LogP contribution < -0.4 is 9.47 Å². The molecule has 0 radical (unpaired) electrons. The average molecular weight is 320 g/mol. The number of benzene rings is 2. The van der Waals surface area contributed by atoms with Gasteiger partial charge >= 0.3 is 0 Å². The lowest BCUT2D eigenvalue weighted by molar-refractivity contribution is 0.102. The first-order valence-corrected chi connectivity index (χ1v) is 8.37. The number of Topliss-reactive ketones (excluding diaryl/α,β-unsaturated/α-hetero) is 1. The minimum absolute atomic E-state index is 0.151. The van der Waals surface area contributed by atoms with E-state index in [2.05, 4.69) is 13.0 Å². The van der Waals surface area contributed by atoms with Crippen molar-refractivity contribution in [3.05, 3.63) is 63.7 Å². The fraction of sp³-hybridized carbons (Fsp3) is 0.286. The van der Waals surface area contributed by atoms with E-state index in [-0.39, 0.29) is 5.78 Å². The van der Waals surface area contributed by atoms with Crippen molar-refractivity contribution in [2.75, 3.05) is 13.2 Å². The molecule has 2 aromatic rings. The highest BCUT2D eigenvalue weighted by Crippen LogP contribution is 2.33. The molecule has 3 heteroatoms. The van der Waals surface area contributed by atoms with E-state index in [4.69, 9.17) is 9.47 Å². The van der Waals surface area contributed by atoms with Crippen molar-refractivity contribution in [1.82, 2.24) is 0 Å². The molecule has 3 nitrogen and oxygen atoms in total. The molecule has 122 valence electrons. The van der Waals surface area contributed by atoms with Gasteiger partial charge in [-0.1, -0.05) is 17.7 Å². The molecule has 0 spiro atoms. The number of rotatable bonds is 1. The van der Waals surface area contributed by atoms with E-state index in [0.717, 1.165) is 46.6 Å². The van der Waals surface area contributed by atoms with Gasteiger partial charge in [0, 0.05) is 11.1 Å². The molecular formula is C21H20O3. The summed E-state index contributed by atoms with van der Waals surface area (Å²) in [5.74, 6) is 1.68. The Balaban J connectivity index is 1.70. The van der Waals surface area contributed by atoms with Crippen LogP contribution in [0.2, 0.25) is 0 Å². The van der Waals surface area contributed by atoms with Crippen LogP contribution in [-0.2, 0) is 6.42 Å². The molecule has 2 aromatic carbocycles. The molecule has 24 heavy (non-hydrogen) atoms. The summed E-state index contributed by atoms with van der Waals surface area (Å²) in [6, 6.07) is 10.0. The second-order valence-electron chi connectivity index (χ2n) is 6.51. The van der Waals surface area contributed by atoms with Gasteiger partial charge in [-0.2, -0.15) is 0 Å². The molecule has 1 aliphatic carbocycles. The topological polar surface area (TPSA) is 35.5 Å². The molecule has 0 amide bonds. The lowest BCUT2D eigenvalue weighted by Gasteiger charge is -2.21. The van der Waals surface area contributed by atoms with Crippen LogP contribution in [0.1, 0.15) is 39.0 Å². The first-order chi connectivity index (χ1) is 11.6. The number of aryl methyl sites for hydroxylation is 2. The Hall–Kier alpha value is -2.55. The molecule has 1 heterocycles. The summed E-state index contributed by atoms with van der Waals surface area (Å²) in [7, 11) is 0. The lowest BCUT2D eigenvalue weighted by Crippen LogP contribution is -2.16. The van der Waals surface area contributed by atoms with Gasteiger partial charge in [0.25, 0.3) is 0 Å². The SMILES string of the molecule is Cc1cc(C)c2c(c1)C(=O)/C(=C\c1ccc3c(c1)OCCO3)CC2. The third kappa shape index (κ3) is 2.60. The number of ether oxygens (including phenoxy) is 2. The number of ketones is 1. The van der Waals surface area contributed by atoms with E-state index >= 15 is 0 Å². The Labute approximate surface area is 141 Å². The van der Waals surface area contributed by atoms with Crippen molar-refractivity contribution >= 4 is 11.9 Å². The average Bonchev–Trinajstić information content (AvgIpc) is 2.58. The number of hydrogen-bond donors (Lipinski definition) is 0. The van der Waals surface area contributed by atoms with Crippen molar-refractivity contribution in [2.45, 2.75) is 26.7 Å². The highest BCUT2D eigenvalue weighted by molar-refractivity contribution is 6.13. The highest BCUT2D eigenvalue weighted by Gasteiger charge is 2.23. The number of carbonyl (C=O) groups excluding carboxylic acids is 1. The van der Waals surface area contributed by atoms with E-state index in [1.165, 1.54) is 11.1 Å². The summed E-state index contributed by atoms with van der Waals surface area (Å²) in [5.41, 5.74) is 6.27. The fourth-order valence-electron chi connectivity index (χ4n) is 3.57. The first-order valence-electron chi connectivity index (χ1n) is 8.37. The summed E-state index contributed by atoms with van der Waals surface area (Å²) >= 11 is 0. The summed E-state index contributed by atoms with van der Waals surface area (Å²) in [6.45, 7) is 5.29. The van der Waals surface area contributed by atoms with E-state index in [1.807, 2.05) is 37.3 Å². The normalized spacial score (nSPS) is 17.8. The van der Waals surface area contributed by atoms with Gasteiger partial charge in [0.05, 0.1) is 0 Å². The maximum atomic E-state index is 12.9. The van der Waals surface area contributed by atoms with Gasteiger partial charge in [0.2, 0.25) is 0 Å². The Morgan fingerprint density at radius 1 is 0.958 bits per heavy atom. The Kier molecular flexibility index (Phi) is 3.64. The third-order valence-electron chi connectivity index (χ3n) is 4.71. The van der Waals surface area contributed by atoms with Gasteiger partial charge in [0.1, 0.15) is 13.2 Å². The third-order valence-corrected chi connectivity index (χ3v) is 4.71. The molecule has 0 unspecified atom stereocenters. The molecule has 0 atom stereocenters. The fourth-order valence-corrected chi connectivity index (χ4v) is 3.57. The number of carbonyl (C=O) groups is 1. The Morgan fingerprint density at radius 2 is 1.75 bits per heavy atom. The molecule has 2 aliphatic rings. The first kappa shape index (κ1) is 15.0. The molecule has 0 N–H and O–H groups in total. The van der Waals surface area contributed by atoms with Crippen molar-refractivity contribution < 1.29 is 14.3 Å². The second kappa shape index (κ2) is 5.82. The van der Waals surface area contributed by atoms with E-state index in [9.17, 15) is 4.79 Å². The van der Waals surface area contributed by atoms with Crippen LogP contribution in [0, 0.1) is 13.8 Å². The van der Waals surface area contributed by atoms with E-state index in [1.54, 1.807) is 0 Å². The van der Waals surface area contributed by atoms with Crippen molar-refractivity contribution in [2.24, 2.45) is 0 Å². The summed E-state index contributed by atoms with van der Waals surface area (Å²) in [4.78, 5) is 12.9. The molecule has 4 rings (SSSR count). The van der Waals surface area contributed by atoms with Crippen LogP contribution >= 0.6 is 0 Å². The maximum Gasteiger partial charge on any atom is 0.189 e. The molecule has 0 aromatic heterocycles. The predicted molar refractivity (Wildman–Crippen MR) is 94.0 cm³/mol. The van der Waals surface area contributed by atoms with E-state index < -0.39 is 0 Å². The van der Waals surface area contributed by atoms with Crippen LogP contribution in [-0.4, -0.2) is 19.0 Å². The molecule has 0 fully saturated rings. The standard InChI is InChI=1S/C21H20O3/c1-13-9-14(2)17-5-4-16(21(22)18(17)10-13)11-15-3-6-19-20(12-15)24-8-7-23-19/h3,6,9-12H,4-5,7-8H2,1-2H3/b16-11-. The predicted octanol–water partition coefficient (Wildman–Crippen LogP) is 4.29.